The van der Waals surface area contributed by atoms with Crippen LogP contribution in [0.3, 0.4) is 0 Å². The lowest BCUT2D eigenvalue weighted by molar-refractivity contribution is 0.138. The van der Waals surface area contributed by atoms with Gasteiger partial charge in [-0.25, -0.2) is 8.78 Å². The van der Waals surface area contributed by atoms with Crippen molar-refractivity contribution in [3.05, 3.63) is 51.8 Å². The van der Waals surface area contributed by atoms with Crippen molar-refractivity contribution in [1.29, 1.82) is 0 Å². The van der Waals surface area contributed by atoms with E-state index in [0.717, 1.165) is 22.9 Å². The third kappa shape index (κ3) is 3.68. The molecule has 3 nitrogen and oxygen atoms in total. The largest absolute Gasteiger partial charge is 0.310 e. The maximum Gasteiger partial charge on any atom is 0.280 e. The summed E-state index contributed by atoms with van der Waals surface area (Å²) in [6.45, 7) is 0.811. The molecule has 6 heteroatoms. The fraction of sp³-hybridized carbons (Fsp3) is 0.400. The quantitative estimate of drug-likeness (QED) is 0.851. The summed E-state index contributed by atoms with van der Waals surface area (Å²) in [7, 11) is 0. The summed E-state index contributed by atoms with van der Waals surface area (Å²) in [6.07, 6.45) is 1.30. The number of rotatable bonds is 6. The van der Waals surface area contributed by atoms with E-state index in [-0.39, 0.29) is 5.69 Å². The molecule has 0 aliphatic heterocycles. The van der Waals surface area contributed by atoms with Crippen molar-refractivity contribution in [2.45, 2.75) is 38.4 Å². The molecule has 1 heterocycles. The van der Waals surface area contributed by atoms with Gasteiger partial charge in [-0.15, -0.1) is 0 Å². The number of halogens is 3. The molecule has 2 aromatic rings. The second-order valence-corrected chi connectivity index (χ2v) is 6.21. The molecule has 0 atom stereocenters. The summed E-state index contributed by atoms with van der Waals surface area (Å²) in [5.74, 6) is 0. The van der Waals surface area contributed by atoms with E-state index in [9.17, 15) is 8.78 Å². The average molecular weight is 356 g/mol. The minimum Gasteiger partial charge on any atom is -0.310 e. The highest BCUT2D eigenvalue weighted by molar-refractivity contribution is 9.10. The maximum atomic E-state index is 13.3. The normalized spacial score (nSPS) is 14.9. The Kier molecular flexibility index (Phi) is 4.35. The van der Waals surface area contributed by atoms with Crippen LogP contribution in [0.25, 0.3) is 0 Å². The molecule has 0 saturated heterocycles. The van der Waals surface area contributed by atoms with Gasteiger partial charge in [-0.3, -0.25) is 4.68 Å². The van der Waals surface area contributed by atoms with E-state index in [4.69, 9.17) is 0 Å². The molecule has 21 heavy (non-hydrogen) atoms. The number of nitrogens with one attached hydrogen (secondary N) is 1. The monoisotopic (exact) mass is 355 g/mol. The van der Waals surface area contributed by atoms with E-state index in [1.54, 1.807) is 6.20 Å². The molecule has 1 aromatic carbocycles. The molecular weight excluding hydrogens is 340 g/mol. The Hall–Kier alpha value is -1.27. The number of benzene rings is 1. The Morgan fingerprint density at radius 1 is 1.38 bits per heavy atom. The zero-order valence-corrected chi connectivity index (χ0v) is 13.0. The zero-order chi connectivity index (χ0) is 14.8. The van der Waals surface area contributed by atoms with Gasteiger partial charge in [0, 0.05) is 22.6 Å². The summed E-state index contributed by atoms with van der Waals surface area (Å²) in [5, 5.41) is 7.40. The third-order valence-electron chi connectivity index (χ3n) is 3.55. The first-order chi connectivity index (χ1) is 10.1. The molecule has 1 N–H and O–H groups in total. The van der Waals surface area contributed by atoms with Gasteiger partial charge >= 0.3 is 0 Å². The number of alkyl halides is 2. The van der Waals surface area contributed by atoms with Gasteiger partial charge in [0.15, 0.2) is 0 Å². The summed E-state index contributed by atoms with van der Waals surface area (Å²) in [5.41, 5.74) is 1.55. The van der Waals surface area contributed by atoms with E-state index in [0.29, 0.717) is 24.7 Å². The molecule has 0 bridgehead atoms. The van der Waals surface area contributed by atoms with Crippen molar-refractivity contribution in [2.24, 2.45) is 0 Å². The lowest BCUT2D eigenvalue weighted by Crippen LogP contribution is -2.17. The van der Waals surface area contributed by atoms with Crippen LogP contribution in [0.5, 0.6) is 0 Å². The van der Waals surface area contributed by atoms with Gasteiger partial charge in [0.1, 0.15) is 5.69 Å². The van der Waals surface area contributed by atoms with Gasteiger partial charge in [0.25, 0.3) is 6.43 Å². The highest BCUT2D eigenvalue weighted by atomic mass is 79.9. The Balaban J connectivity index is 1.80. The Bertz CT molecular complexity index is 623. The third-order valence-corrected chi connectivity index (χ3v) is 4.04. The first-order valence-corrected chi connectivity index (χ1v) is 7.73. The van der Waals surface area contributed by atoms with Gasteiger partial charge in [-0.1, -0.05) is 28.1 Å². The Labute approximate surface area is 130 Å². The first-order valence-electron chi connectivity index (χ1n) is 6.94. The predicted molar refractivity (Wildman–Crippen MR) is 80.3 cm³/mol. The lowest BCUT2D eigenvalue weighted by atomic mass is 10.2. The molecule has 1 fully saturated rings. The van der Waals surface area contributed by atoms with E-state index in [2.05, 4.69) is 26.3 Å². The van der Waals surface area contributed by atoms with Gasteiger partial charge in [-0.05, 0) is 30.5 Å². The summed E-state index contributed by atoms with van der Waals surface area (Å²) in [4.78, 5) is 0. The van der Waals surface area contributed by atoms with Crippen molar-refractivity contribution in [2.75, 3.05) is 0 Å². The molecule has 0 unspecified atom stereocenters. The van der Waals surface area contributed by atoms with Crippen LogP contribution in [-0.2, 0) is 13.1 Å². The van der Waals surface area contributed by atoms with E-state index >= 15 is 0 Å². The topological polar surface area (TPSA) is 29.9 Å². The number of nitrogens with zero attached hydrogens (tertiary/aromatic N) is 2. The maximum absolute atomic E-state index is 13.3. The van der Waals surface area contributed by atoms with Gasteiger partial charge in [0.2, 0.25) is 0 Å². The average Bonchev–Trinajstić information content (AvgIpc) is 3.17. The van der Waals surface area contributed by atoms with Crippen molar-refractivity contribution in [3.63, 3.8) is 0 Å². The highest BCUT2D eigenvalue weighted by Gasteiger charge is 2.24. The van der Waals surface area contributed by atoms with Crippen LogP contribution in [0, 0.1) is 0 Å². The van der Waals surface area contributed by atoms with Crippen LogP contribution in [0.1, 0.15) is 36.1 Å². The van der Waals surface area contributed by atoms with Crippen molar-refractivity contribution < 1.29 is 8.78 Å². The summed E-state index contributed by atoms with van der Waals surface area (Å²) >= 11 is 3.39. The molecule has 112 valence electrons. The molecule has 3 rings (SSSR count). The van der Waals surface area contributed by atoms with Crippen LogP contribution in [0.2, 0.25) is 0 Å². The van der Waals surface area contributed by atoms with Crippen LogP contribution in [0.4, 0.5) is 8.78 Å². The fourth-order valence-corrected chi connectivity index (χ4v) is 2.75. The molecule has 0 amide bonds. The number of hydrogen-bond donors (Lipinski definition) is 1. The van der Waals surface area contributed by atoms with E-state index in [1.165, 1.54) is 4.68 Å². The second kappa shape index (κ2) is 6.23. The van der Waals surface area contributed by atoms with Crippen molar-refractivity contribution in [1.82, 2.24) is 15.1 Å². The van der Waals surface area contributed by atoms with Crippen LogP contribution in [-0.4, -0.2) is 15.8 Å². The highest BCUT2D eigenvalue weighted by Crippen LogP contribution is 2.26. The van der Waals surface area contributed by atoms with Gasteiger partial charge in [-0.2, -0.15) is 5.10 Å². The summed E-state index contributed by atoms with van der Waals surface area (Å²) in [6, 6.07) is 8.11. The smallest absolute Gasteiger partial charge is 0.280 e. The fourth-order valence-electron chi connectivity index (χ4n) is 2.30. The van der Waals surface area contributed by atoms with Crippen molar-refractivity contribution in [3.8, 4) is 0 Å². The number of aromatic nitrogens is 2. The van der Waals surface area contributed by atoms with Crippen molar-refractivity contribution >= 4 is 15.9 Å². The second-order valence-electron chi connectivity index (χ2n) is 5.30. The SMILES string of the molecule is FC(F)c1c(CNC2CC2)cnn1Cc1cccc(Br)c1. The minimum absolute atomic E-state index is 0.0168. The predicted octanol–water partition coefficient (Wildman–Crippen LogP) is 3.88. The lowest BCUT2D eigenvalue weighted by Gasteiger charge is -2.10. The molecular formula is C15H16BrF2N3. The summed E-state index contributed by atoms with van der Waals surface area (Å²) < 4.78 is 29.0. The number of hydrogen-bond acceptors (Lipinski definition) is 2. The van der Waals surface area contributed by atoms with E-state index in [1.807, 2.05) is 24.3 Å². The van der Waals surface area contributed by atoms with Gasteiger partial charge in [0.05, 0.1) is 12.7 Å². The Morgan fingerprint density at radius 2 is 2.19 bits per heavy atom. The van der Waals surface area contributed by atoms with E-state index < -0.39 is 6.43 Å². The first kappa shape index (κ1) is 14.7. The van der Waals surface area contributed by atoms with Gasteiger partial charge < -0.3 is 5.32 Å². The molecule has 0 spiro atoms. The molecule has 1 aliphatic rings. The van der Waals surface area contributed by atoms with Crippen LogP contribution in [0.15, 0.2) is 34.9 Å². The minimum atomic E-state index is -2.52. The zero-order valence-electron chi connectivity index (χ0n) is 11.4. The Morgan fingerprint density at radius 3 is 2.86 bits per heavy atom. The molecule has 1 aromatic heterocycles. The van der Waals surface area contributed by atoms with Crippen LogP contribution < -0.4 is 5.32 Å². The molecule has 0 radical (unpaired) electrons. The molecule has 1 aliphatic carbocycles. The standard InChI is InChI=1S/C15H16BrF2N3/c16-12-3-1-2-10(6-12)9-21-14(15(17)18)11(8-20-21)7-19-13-4-5-13/h1-3,6,8,13,15,19H,4-5,7,9H2. The molecule has 1 saturated carbocycles. The van der Waals surface area contributed by atoms with Crippen LogP contribution >= 0.6 is 15.9 Å².